The third kappa shape index (κ3) is 2.38. The standard InChI is InChI=1S/C12H14FN5/c1-7-5-9(3-4-10(7)13)17-11-8(2)12(18-14)16-6-15-11/h3-6H,14H2,1-2H3,(H2,15,16,17,18). The maximum atomic E-state index is 13.2. The second-order valence-electron chi connectivity index (χ2n) is 3.93. The van der Waals surface area contributed by atoms with Crippen molar-refractivity contribution in [1.82, 2.24) is 9.97 Å². The molecule has 0 saturated carbocycles. The van der Waals surface area contributed by atoms with Crippen molar-refractivity contribution in [2.45, 2.75) is 13.8 Å². The van der Waals surface area contributed by atoms with Crippen molar-refractivity contribution in [3.63, 3.8) is 0 Å². The van der Waals surface area contributed by atoms with Crippen LogP contribution in [0.4, 0.5) is 21.7 Å². The van der Waals surface area contributed by atoms with Gasteiger partial charge >= 0.3 is 0 Å². The predicted molar refractivity (Wildman–Crippen MR) is 69.0 cm³/mol. The maximum absolute atomic E-state index is 13.2. The highest BCUT2D eigenvalue weighted by Crippen LogP contribution is 2.22. The lowest BCUT2D eigenvalue weighted by Gasteiger charge is -2.11. The molecule has 0 amide bonds. The predicted octanol–water partition coefficient (Wildman–Crippen LogP) is 2.26. The molecule has 0 bridgehead atoms. The van der Waals surface area contributed by atoms with Gasteiger partial charge in [-0.3, -0.25) is 0 Å². The minimum atomic E-state index is -0.232. The first-order valence-electron chi connectivity index (χ1n) is 5.43. The monoisotopic (exact) mass is 247 g/mol. The SMILES string of the molecule is Cc1cc(Nc2ncnc(NN)c2C)ccc1F. The number of nitrogens with two attached hydrogens (primary N) is 1. The van der Waals surface area contributed by atoms with E-state index in [-0.39, 0.29) is 5.82 Å². The molecule has 0 aliphatic carbocycles. The largest absolute Gasteiger partial charge is 0.340 e. The van der Waals surface area contributed by atoms with Crippen LogP contribution in [-0.4, -0.2) is 9.97 Å². The first-order valence-corrected chi connectivity index (χ1v) is 5.43. The number of aromatic nitrogens is 2. The summed E-state index contributed by atoms with van der Waals surface area (Å²) in [5, 5.41) is 3.10. The molecule has 2 aromatic rings. The molecule has 0 fully saturated rings. The summed E-state index contributed by atoms with van der Waals surface area (Å²) >= 11 is 0. The summed E-state index contributed by atoms with van der Waals surface area (Å²) in [5.41, 5.74) is 4.62. The molecule has 0 radical (unpaired) electrons. The van der Waals surface area contributed by atoms with Crippen LogP contribution in [0, 0.1) is 19.7 Å². The molecule has 6 heteroatoms. The van der Waals surface area contributed by atoms with Gasteiger partial charge in [-0.1, -0.05) is 0 Å². The van der Waals surface area contributed by atoms with Gasteiger partial charge in [-0.05, 0) is 37.6 Å². The van der Waals surface area contributed by atoms with Crippen molar-refractivity contribution in [2.24, 2.45) is 5.84 Å². The Morgan fingerprint density at radius 1 is 1.17 bits per heavy atom. The Morgan fingerprint density at radius 3 is 2.56 bits per heavy atom. The van der Waals surface area contributed by atoms with Crippen molar-refractivity contribution in [3.8, 4) is 0 Å². The minimum Gasteiger partial charge on any atom is -0.340 e. The van der Waals surface area contributed by atoms with Gasteiger partial charge < -0.3 is 10.7 Å². The Labute approximate surface area is 104 Å². The molecule has 0 aliphatic rings. The number of hydrogen-bond acceptors (Lipinski definition) is 5. The second-order valence-corrected chi connectivity index (χ2v) is 3.93. The van der Waals surface area contributed by atoms with E-state index in [1.54, 1.807) is 19.1 Å². The normalized spacial score (nSPS) is 10.2. The van der Waals surface area contributed by atoms with Crippen molar-refractivity contribution >= 4 is 17.3 Å². The number of nitrogens with zero attached hydrogens (tertiary/aromatic N) is 2. The van der Waals surface area contributed by atoms with Gasteiger partial charge in [0.25, 0.3) is 0 Å². The van der Waals surface area contributed by atoms with E-state index in [1.807, 2.05) is 6.92 Å². The molecule has 0 spiro atoms. The van der Waals surface area contributed by atoms with Gasteiger partial charge in [0.15, 0.2) is 0 Å². The number of nitrogen functional groups attached to an aromatic ring is 1. The van der Waals surface area contributed by atoms with Crippen LogP contribution in [0.15, 0.2) is 24.5 Å². The first kappa shape index (κ1) is 12.3. The van der Waals surface area contributed by atoms with E-state index in [4.69, 9.17) is 5.84 Å². The molecule has 0 atom stereocenters. The maximum Gasteiger partial charge on any atom is 0.148 e. The molecule has 0 saturated heterocycles. The van der Waals surface area contributed by atoms with Gasteiger partial charge in [0.05, 0.1) is 0 Å². The molecule has 5 nitrogen and oxygen atoms in total. The average molecular weight is 247 g/mol. The average Bonchev–Trinajstić information content (AvgIpc) is 2.36. The lowest BCUT2D eigenvalue weighted by Crippen LogP contribution is -2.11. The molecule has 0 aliphatic heterocycles. The van der Waals surface area contributed by atoms with E-state index >= 15 is 0 Å². The van der Waals surface area contributed by atoms with Crippen LogP contribution >= 0.6 is 0 Å². The van der Waals surface area contributed by atoms with Crippen LogP contribution in [0.2, 0.25) is 0 Å². The Balaban J connectivity index is 2.31. The van der Waals surface area contributed by atoms with Gasteiger partial charge in [0, 0.05) is 11.3 Å². The van der Waals surface area contributed by atoms with Crippen LogP contribution in [0.3, 0.4) is 0 Å². The molecule has 1 aromatic carbocycles. The number of nitrogens with one attached hydrogen (secondary N) is 2. The number of rotatable bonds is 3. The van der Waals surface area contributed by atoms with E-state index < -0.39 is 0 Å². The summed E-state index contributed by atoms with van der Waals surface area (Å²) in [6.07, 6.45) is 1.40. The lowest BCUT2D eigenvalue weighted by atomic mass is 10.2. The third-order valence-electron chi connectivity index (χ3n) is 2.64. The van der Waals surface area contributed by atoms with Crippen molar-refractivity contribution in [2.75, 3.05) is 10.7 Å². The molecule has 2 rings (SSSR count). The number of hydrazine groups is 1. The van der Waals surface area contributed by atoms with Crippen LogP contribution < -0.4 is 16.6 Å². The highest BCUT2D eigenvalue weighted by molar-refractivity contribution is 5.64. The number of hydrogen-bond donors (Lipinski definition) is 3. The Bertz CT molecular complexity index is 570. The Hall–Kier alpha value is -2.21. The zero-order chi connectivity index (χ0) is 13.1. The zero-order valence-corrected chi connectivity index (χ0v) is 10.2. The van der Waals surface area contributed by atoms with Crippen LogP contribution in [0.1, 0.15) is 11.1 Å². The zero-order valence-electron chi connectivity index (χ0n) is 10.2. The van der Waals surface area contributed by atoms with Crippen LogP contribution in [0.5, 0.6) is 0 Å². The second kappa shape index (κ2) is 4.97. The van der Waals surface area contributed by atoms with E-state index in [0.29, 0.717) is 17.2 Å². The lowest BCUT2D eigenvalue weighted by molar-refractivity contribution is 0.619. The molecular weight excluding hydrogens is 233 g/mol. The molecule has 1 heterocycles. The highest BCUT2D eigenvalue weighted by Gasteiger charge is 2.06. The summed E-state index contributed by atoms with van der Waals surface area (Å²) < 4.78 is 13.2. The van der Waals surface area contributed by atoms with E-state index in [0.717, 1.165) is 11.3 Å². The molecule has 18 heavy (non-hydrogen) atoms. The van der Waals surface area contributed by atoms with Crippen molar-refractivity contribution in [1.29, 1.82) is 0 Å². The number of aryl methyl sites for hydroxylation is 1. The molecular formula is C12H14FN5. The van der Waals surface area contributed by atoms with Gasteiger partial charge in [0.1, 0.15) is 23.8 Å². The summed E-state index contributed by atoms with van der Waals surface area (Å²) in [4.78, 5) is 8.11. The third-order valence-corrected chi connectivity index (χ3v) is 2.64. The van der Waals surface area contributed by atoms with Gasteiger partial charge in [-0.15, -0.1) is 0 Å². The van der Waals surface area contributed by atoms with E-state index in [2.05, 4.69) is 20.7 Å². The van der Waals surface area contributed by atoms with Crippen molar-refractivity contribution < 1.29 is 4.39 Å². The molecule has 4 N–H and O–H groups in total. The summed E-state index contributed by atoms with van der Waals surface area (Å²) in [6, 6.07) is 4.78. The quantitative estimate of drug-likeness (QED) is 0.573. The number of benzene rings is 1. The minimum absolute atomic E-state index is 0.232. The molecule has 94 valence electrons. The number of halogens is 1. The van der Waals surface area contributed by atoms with Crippen LogP contribution in [0.25, 0.3) is 0 Å². The topological polar surface area (TPSA) is 75.9 Å². The first-order chi connectivity index (χ1) is 8.61. The van der Waals surface area contributed by atoms with Crippen LogP contribution in [-0.2, 0) is 0 Å². The fourth-order valence-electron chi connectivity index (χ4n) is 1.58. The Morgan fingerprint density at radius 2 is 1.89 bits per heavy atom. The smallest absolute Gasteiger partial charge is 0.148 e. The van der Waals surface area contributed by atoms with Crippen molar-refractivity contribution in [3.05, 3.63) is 41.5 Å². The van der Waals surface area contributed by atoms with E-state index in [1.165, 1.54) is 12.4 Å². The summed E-state index contributed by atoms with van der Waals surface area (Å²) in [7, 11) is 0. The van der Waals surface area contributed by atoms with E-state index in [9.17, 15) is 4.39 Å². The summed E-state index contributed by atoms with van der Waals surface area (Å²) in [6.45, 7) is 3.55. The fourth-order valence-corrected chi connectivity index (χ4v) is 1.58. The molecule has 0 unspecified atom stereocenters. The van der Waals surface area contributed by atoms with Gasteiger partial charge in [-0.25, -0.2) is 20.2 Å². The number of anilines is 3. The fraction of sp³-hybridized carbons (Fsp3) is 0.167. The van der Waals surface area contributed by atoms with Gasteiger partial charge in [-0.2, -0.15) is 0 Å². The molecule has 1 aromatic heterocycles. The highest BCUT2D eigenvalue weighted by atomic mass is 19.1. The summed E-state index contributed by atoms with van der Waals surface area (Å²) in [5.74, 6) is 6.28. The Kier molecular flexibility index (Phi) is 3.38. The van der Waals surface area contributed by atoms with Gasteiger partial charge in [0.2, 0.25) is 0 Å².